The van der Waals surface area contributed by atoms with E-state index in [1.54, 1.807) is 4.68 Å². The molecule has 5 nitrogen and oxygen atoms in total. The third-order valence-corrected chi connectivity index (χ3v) is 3.23. The number of nitrogens with two attached hydrogens (primary N) is 1. The average Bonchev–Trinajstić information content (AvgIpc) is 2.73. The highest BCUT2D eigenvalue weighted by molar-refractivity contribution is 5.96. The summed E-state index contributed by atoms with van der Waals surface area (Å²) in [6.07, 6.45) is 0.893. The summed E-state index contributed by atoms with van der Waals surface area (Å²) in [6, 6.07) is 0.126. The molecule has 0 radical (unpaired) electrons. The van der Waals surface area contributed by atoms with Crippen molar-refractivity contribution in [1.29, 1.82) is 0 Å². The number of aromatic nitrogens is 2. The van der Waals surface area contributed by atoms with Crippen molar-refractivity contribution in [3.8, 4) is 0 Å². The van der Waals surface area contributed by atoms with E-state index in [2.05, 4.69) is 5.10 Å². The second kappa shape index (κ2) is 3.90. The topological polar surface area (TPSA) is 64.2 Å². The molecule has 1 aromatic heterocycles. The predicted molar refractivity (Wildman–Crippen MR) is 61.2 cm³/mol. The fraction of sp³-hybridized carbons (Fsp3) is 0.636. The van der Waals surface area contributed by atoms with Gasteiger partial charge in [-0.15, -0.1) is 0 Å². The van der Waals surface area contributed by atoms with Crippen LogP contribution in [0.2, 0.25) is 0 Å². The molecule has 0 spiro atoms. The minimum Gasteiger partial charge on any atom is -0.337 e. The van der Waals surface area contributed by atoms with Crippen LogP contribution in [0.5, 0.6) is 0 Å². The van der Waals surface area contributed by atoms with Crippen molar-refractivity contribution >= 4 is 5.91 Å². The second-order valence-corrected chi connectivity index (χ2v) is 4.47. The number of nitrogens with zero attached hydrogens (tertiary/aromatic N) is 3. The summed E-state index contributed by atoms with van der Waals surface area (Å²) in [5.74, 6) is 0.0658. The first kappa shape index (κ1) is 11.1. The minimum absolute atomic E-state index is 0.0658. The summed E-state index contributed by atoms with van der Waals surface area (Å²) in [7, 11) is 1.86. The Bertz CT molecular complexity index is 424. The molecule has 1 aromatic rings. The fourth-order valence-corrected chi connectivity index (χ4v) is 2.21. The summed E-state index contributed by atoms with van der Waals surface area (Å²) >= 11 is 0. The van der Waals surface area contributed by atoms with E-state index in [1.807, 2.05) is 25.8 Å². The van der Waals surface area contributed by atoms with Gasteiger partial charge in [-0.3, -0.25) is 9.48 Å². The lowest BCUT2D eigenvalue weighted by Crippen LogP contribution is -2.32. The van der Waals surface area contributed by atoms with Crippen LogP contribution in [0.25, 0.3) is 0 Å². The SMILES string of the molecule is Cc1nn(C)c(C)c1C(=O)N1CC[C@@H](N)C1. The maximum absolute atomic E-state index is 12.3. The van der Waals surface area contributed by atoms with Crippen molar-refractivity contribution < 1.29 is 4.79 Å². The van der Waals surface area contributed by atoms with Crippen molar-refractivity contribution in [3.05, 3.63) is 17.0 Å². The fourth-order valence-electron chi connectivity index (χ4n) is 2.21. The van der Waals surface area contributed by atoms with Gasteiger partial charge in [-0.2, -0.15) is 5.10 Å². The van der Waals surface area contributed by atoms with Crippen molar-refractivity contribution in [1.82, 2.24) is 14.7 Å². The van der Waals surface area contributed by atoms with Gasteiger partial charge in [0.25, 0.3) is 5.91 Å². The zero-order valence-electron chi connectivity index (χ0n) is 10.0. The highest BCUT2D eigenvalue weighted by atomic mass is 16.2. The van der Waals surface area contributed by atoms with Crippen LogP contribution < -0.4 is 5.73 Å². The number of hydrogen-bond acceptors (Lipinski definition) is 3. The summed E-state index contributed by atoms with van der Waals surface area (Å²) in [5, 5.41) is 4.26. The highest BCUT2D eigenvalue weighted by Crippen LogP contribution is 2.17. The molecule has 1 saturated heterocycles. The number of hydrogen-bond donors (Lipinski definition) is 1. The average molecular weight is 222 g/mol. The summed E-state index contributed by atoms with van der Waals surface area (Å²) in [6.45, 7) is 5.21. The van der Waals surface area contributed by atoms with Crippen LogP contribution in [0.1, 0.15) is 28.2 Å². The Morgan fingerprint density at radius 1 is 1.50 bits per heavy atom. The Balaban J connectivity index is 2.27. The largest absolute Gasteiger partial charge is 0.337 e. The highest BCUT2D eigenvalue weighted by Gasteiger charge is 2.28. The van der Waals surface area contributed by atoms with E-state index < -0.39 is 0 Å². The van der Waals surface area contributed by atoms with Gasteiger partial charge in [0, 0.05) is 31.9 Å². The quantitative estimate of drug-likeness (QED) is 0.738. The lowest BCUT2D eigenvalue weighted by Gasteiger charge is -2.15. The normalized spacial score (nSPS) is 20.5. The van der Waals surface area contributed by atoms with Crippen LogP contribution in [-0.2, 0) is 7.05 Å². The molecule has 1 atom stereocenters. The molecule has 0 unspecified atom stereocenters. The molecule has 2 N–H and O–H groups in total. The molecule has 5 heteroatoms. The van der Waals surface area contributed by atoms with E-state index in [4.69, 9.17) is 5.73 Å². The number of carbonyl (C=O) groups excluding carboxylic acids is 1. The van der Waals surface area contributed by atoms with Gasteiger partial charge < -0.3 is 10.6 Å². The molecular formula is C11H18N4O. The van der Waals surface area contributed by atoms with Crippen molar-refractivity contribution in [2.24, 2.45) is 12.8 Å². The molecule has 2 rings (SSSR count). The Morgan fingerprint density at radius 3 is 2.62 bits per heavy atom. The van der Waals surface area contributed by atoms with E-state index in [-0.39, 0.29) is 11.9 Å². The van der Waals surface area contributed by atoms with Crippen LogP contribution in [0.3, 0.4) is 0 Å². The van der Waals surface area contributed by atoms with Crippen molar-refractivity contribution in [2.45, 2.75) is 26.3 Å². The van der Waals surface area contributed by atoms with Crippen LogP contribution >= 0.6 is 0 Å². The summed E-state index contributed by atoms with van der Waals surface area (Å²) in [5.41, 5.74) is 8.26. The predicted octanol–water partition coefficient (Wildman–Crippen LogP) is 0.210. The lowest BCUT2D eigenvalue weighted by atomic mass is 10.1. The number of aryl methyl sites for hydroxylation is 2. The van der Waals surface area contributed by atoms with E-state index in [0.717, 1.165) is 29.9 Å². The molecule has 1 fully saturated rings. The molecule has 0 bridgehead atoms. The zero-order valence-corrected chi connectivity index (χ0v) is 10.0. The lowest BCUT2D eigenvalue weighted by molar-refractivity contribution is 0.0789. The van der Waals surface area contributed by atoms with Crippen molar-refractivity contribution in [3.63, 3.8) is 0 Å². The molecule has 88 valence electrons. The third kappa shape index (κ3) is 1.71. The molecule has 1 amide bonds. The Hall–Kier alpha value is -1.36. The summed E-state index contributed by atoms with van der Waals surface area (Å²) < 4.78 is 1.75. The van der Waals surface area contributed by atoms with Gasteiger partial charge in [-0.05, 0) is 20.3 Å². The Morgan fingerprint density at radius 2 is 2.19 bits per heavy atom. The first-order valence-electron chi connectivity index (χ1n) is 5.55. The van der Waals surface area contributed by atoms with E-state index in [1.165, 1.54) is 0 Å². The van der Waals surface area contributed by atoms with E-state index in [0.29, 0.717) is 6.54 Å². The third-order valence-electron chi connectivity index (χ3n) is 3.23. The van der Waals surface area contributed by atoms with Crippen LogP contribution in [0.4, 0.5) is 0 Å². The van der Waals surface area contributed by atoms with Gasteiger partial charge in [0.15, 0.2) is 0 Å². The second-order valence-electron chi connectivity index (χ2n) is 4.47. The molecule has 0 aliphatic carbocycles. The van der Waals surface area contributed by atoms with Gasteiger partial charge in [-0.1, -0.05) is 0 Å². The standard InChI is InChI=1S/C11H18N4O/c1-7-10(8(2)14(3)13-7)11(16)15-5-4-9(12)6-15/h9H,4-6,12H2,1-3H3/t9-/m1/s1. The van der Waals surface area contributed by atoms with Gasteiger partial charge >= 0.3 is 0 Å². The van der Waals surface area contributed by atoms with Crippen LogP contribution in [-0.4, -0.2) is 39.7 Å². The molecule has 1 aliphatic rings. The minimum atomic E-state index is 0.0658. The Labute approximate surface area is 95.2 Å². The molecule has 2 heterocycles. The molecule has 0 saturated carbocycles. The van der Waals surface area contributed by atoms with Gasteiger partial charge in [-0.25, -0.2) is 0 Å². The first-order chi connectivity index (χ1) is 7.50. The zero-order chi connectivity index (χ0) is 11.9. The Kier molecular flexibility index (Phi) is 2.71. The van der Waals surface area contributed by atoms with Gasteiger partial charge in [0.05, 0.1) is 11.3 Å². The molecular weight excluding hydrogens is 204 g/mol. The summed E-state index contributed by atoms with van der Waals surface area (Å²) in [4.78, 5) is 14.1. The number of amides is 1. The molecule has 16 heavy (non-hydrogen) atoms. The van der Waals surface area contributed by atoms with Crippen molar-refractivity contribution in [2.75, 3.05) is 13.1 Å². The van der Waals surface area contributed by atoms with Gasteiger partial charge in [0.2, 0.25) is 0 Å². The van der Waals surface area contributed by atoms with E-state index in [9.17, 15) is 4.79 Å². The monoisotopic (exact) mass is 222 g/mol. The molecule has 0 aromatic carbocycles. The van der Waals surface area contributed by atoms with Gasteiger partial charge in [0.1, 0.15) is 0 Å². The number of carbonyl (C=O) groups is 1. The molecule has 1 aliphatic heterocycles. The van der Waals surface area contributed by atoms with Crippen LogP contribution in [0, 0.1) is 13.8 Å². The number of likely N-dealkylation sites (tertiary alicyclic amines) is 1. The van der Waals surface area contributed by atoms with E-state index >= 15 is 0 Å². The van der Waals surface area contributed by atoms with Crippen LogP contribution in [0.15, 0.2) is 0 Å². The smallest absolute Gasteiger partial charge is 0.257 e. The number of rotatable bonds is 1. The maximum atomic E-state index is 12.3. The maximum Gasteiger partial charge on any atom is 0.257 e. The first-order valence-corrected chi connectivity index (χ1v) is 5.55.